The second-order valence-corrected chi connectivity index (χ2v) is 7.66. The predicted molar refractivity (Wildman–Crippen MR) is 128 cm³/mol. The van der Waals surface area contributed by atoms with Crippen molar-refractivity contribution in [2.45, 2.75) is 13.5 Å². The molecule has 0 fully saturated rings. The van der Waals surface area contributed by atoms with Crippen molar-refractivity contribution in [1.29, 1.82) is 5.26 Å². The third-order valence-electron chi connectivity index (χ3n) is 5.47. The van der Waals surface area contributed by atoms with E-state index in [9.17, 15) is 14.9 Å². The maximum absolute atomic E-state index is 12.8. The molecule has 0 bridgehead atoms. The van der Waals surface area contributed by atoms with Gasteiger partial charge in [0, 0.05) is 23.4 Å². The van der Waals surface area contributed by atoms with E-state index in [-0.39, 0.29) is 11.5 Å². The molecule has 0 saturated heterocycles. The zero-order chi connectivity index (χ0) is 24.2. The van der Waals surface area contributed by atoms with Crippen LogP contribution in [0.25, 0.3) is 22.5 Å². The third kappa shape index (κ3) is 4.54. The number of carbonyl (C=O) groups excluding carboxylic acids is 1. The number of pyridine rings is 1. The highest BCUT2D eigenvalue weighted by atomic mass is 16.5. The van der Waals surface area contributed by atoms with E-state index in [2.05, 4.69) is 16.0 Å². The van der Waals surface area contributed by atoms with E-state index in [0.29, 0.717) is 34.6 Å². The smallest absolute Gasteiger partial charge is 0.337 e. The molecule has 2 aromatic heterocycles. The molecule has 0 saturated carbocycles. The molecule has 0 aliphatic heterocycles. The Morgan fingerprint density at radius 3 is 2.59 bits per heavy atom. The fourth-order valence-corrected chi connectivity index (χ4v) is 3.69. The molecule has 8 heteroatoms. The molecule has 0 unspecified atom stereocenters. The quantitative estimate of drug-likeness (QED) is 0.460. The van der Waals surface area contributed by atoms with Crippen molar-refractivity contribution >= 4 is 11.9 Å². The summed E-state index contributed by atoms with van der Waals surface area (Å²) in [5, 5.41) is 9.33. The molecule has 0 spiro atoms. The molecular formula is C26H21N5O3. The van der Waals surface area contributed by atoms with Crippen LogP contribution >= 0.6 is 0 Å². The topological polar surface area (TPSA) is 124 Å². The van der Waals surface area contributed by atoms with Crippen LogP contribution in [0.4, 0.5) is 5.95 Å². The first-order valence-corrected chi connectivity index (χ1v) is 10.4. The van der Waals surface area contributed by atoms with Gasteiger partial charge < -0.3 is 15.0 Å². The summed E-state index contributed by atoms with van der Waals surface area (Å²) in [6, 6.07) is 19.5. The van der Waals surface area contributed by atoms with Crippen LogP contribution in [0.5, 0.6) is 0 Å². The Kier molecular flexibility index (Phi) is 6.19. The number of nitrogens with zero attached hydrogens (tertiary/aromatic N) is 4. The molecular weight excluding hydrogens is 430 g/mol. The van der Waals surface area contributed by atoms with Gasteiger partial charge in [-0.05, 0) is 48.4 Å². The summed E-state index contributed by atoms with van der Waals surface area (Å²) < 4.78 is 6.29. The van der Waals surface area contributed by atoms with Crippen LogP contribution in [0.15, 0.2) is 71.7 Å². The zero-order valence-electron chi connectivity index (χ0n) is 18.6. The lowest BCUT2D eigenvalue weighted by molar-refractivity contribution is 0.0600. The highest BCUT2D eigenvalue weighted by molar-refractivity contribution is 5.89. The van der Waals surface area contributed by atoms with Gasteiger partial charge in [-0.15, -0.1) is 0 Å². The van der Waals surface area contributed by atoms with Crippen molar-refractivity contribution in [2.24, 2.45) is 0 Å². The standard InChI is InChI=1S/C26H21N5O3/c1-16-20(14-27)7-4-8-21(16)23-13-22(29-26(28)30-23)18-9-10-31(24(32)12-18)15-17-5-3-6-19(11-17)25(33)34-2/h3-13H,15H2,1-2H3,(H2,28,29,30). The molecule has 2 N–H and O–H groups in total. The largest absolute Gasteiger partial charge is 0.465 e. The molecule has 0 aliphatic carbocycles. The maximum Gasteiger partial charge on any atom is 0.337 e. The van der Waals surface area contributed by atoms with Gasteiger partial charge in [0.05, 0.1) is 42.2 Å². The van der Waals surface area contributed by atoms with Gasteiger partial charge in [-0.3, -0.25) is 4.79 Å². The number of nitrogens with two attached hydrogens (primary N) is 1. The molecule has 2 aromatic carbocycles. The molecule has 8 nitrogen and oxygen atoms in total. The minimum Gasteiger partial charge on any atom is -0.465 e. The highest BCUT2D eigenvalue weighted by Gasteiger charge is 2.12. The van der Waals surface area contributed by atoms with E-state index in [1.807, 2.05) is 19.1 Å². The number of methoxy groups -OCH3 is 1. The monoisotopic (exact) mass is 451 g/mol. The van der Waals surface area contributed by atoms with E-state index >= 15 is 0 Å². The predicted octanol–water partition coefficient (Wildman–Crippen LogP) is 3.57. The Balaban J connectivity index is 1.67. The molecule has 0 amide bonds. The van der Waals surface area contributed by atoms with Gasteiger partial charge in [-0.25, -0.2) is 14.8 Å². The first kappa shape index (κ1) is 22.4. The van der Waals surface area contributed by atoms with Crippen LogP contribution < -0.4 is 11.3 Å². The average Bonchev–Trinajstić information content (AvgIpc) is 2.84. The van der Waals surface area contributed by atoms with Crippen molar-refractivity contribution in [3.05, 3.63) is 99.5 Å². The number of ether oxygens (including phenoxy) is 1. The Bertz CT molecular complexity index is 1500. The lowest BCUT2D eigenvalue weighted by Crippen LogP contribution is -2.19. The number of nitrogen functional groups attached to an aromatic ring is 1. The normalized spacial score (nSPS) is 10.5. The van der Waals surface area contributed by atoms with E-state index in [1.165, 1.54) is 17.7 Å². The van der Waals surface area contributed by atoms with Crippen LogP contribution in [-0.2, 0) is 11.3 Å². The molecule has 0 aliphatic rings. The number of rotatable bonds is 5. The van der Waals surface area contributed by atoms with Crippen molar-refractivity contribution in [2.75, 3.05) is 12.8 Å². The van der Waals surface area contributed by atoms with Crippen molar-refractivity contribution < 1.29 is 9.53 Å². The van der Waals surface area contributed by atoms with Gasteiger partial charge >= 0.3 is 5.97 Å². The minimum absolute atomic E-state index is 0.0677. The Morgan fingerprint density at radius 2 is 1.85 bits per heavy atom. The van der Waals surface area contributed by atoms with Gasteiger partial charge in [0.1, 0.15) is 0 Å². The first-order valence-electron chi connectivity index (χ1n) is 10.4. The summed E-state index contributed by atoms with van der Waals surface area (Å²) in [4.78, 5) is 33.2. The summed E-state index contributed by atoms with van der Waals surface area (Å²) >= 11 is 0. The summed E-state index contributed by atoms with van der Waals surface area (Å²) in [7, 11) is 1.32. The lowest BCUT2D eigenvalue weighted by Gasteiger charge is -2.11. The molecule has 4 aromatic rings. The summed E-state index contributed by atoms with van der Waals surface area (Å²) in [6.45, 7) is 2.14. The number of benzene rings is 2. The van der Waals surface area contributed by atoms with Gasteiger partial charge in [-0.1, -0.05) is 24.3 Å². The number of esters is 1. The van der Waals surface area contributed by atoms with E-state index in [4.69, 9.17) is 10.5 Å². The second-order valence-electron chi connectivity index (χ2n) is 7.66. The molecule has 0 atom stereocenters. The van der Waals surface area contributed by atoms with Crippen LogP contribution in [0.3, 0.4) is 0 Å². The van der Waals surface area contributed by atoms with Gasteiger partial charge in [0.15, 0.2) is 0 Å². The number of hydrogen-bond donors (Lipinski definition) is 1. The SMILES string of the molecule is COC(=O)c1cccc(Cn2ccc(-c3cc(-c4cccc(C#N)c4C)nc(N)n3)cc2=O)c1. The number of anilines is 1. The van der Waals surface area contributed by atoms with Crippen LogP contribution in [0.1, 0.15) is 27.0 Å². The zero-order valence-corrected chi connectivity index (χ0v) is 18.6. The van der Waals surface area contributed by atoms with Gasteiger partial charge in [0.2, 0.25) is 5.95 Å². The summed E-state index contributed by atoms with van der Waals surface area (Å²) in [6.07, 6.45) is 1.67. The average molecular weight is 451 g/mol. The van der Waals surface area contributed by atoms with Crippen LogP contribution in [-0.4, -0.2) is 27.6 Å². The number of carbonyl (C=O) groups is 1. The van der Waals surface area contributed by atoms with Gasteiger partial charge in [-0.2, -0.15) is 5.26 Å². The van der Waals surface area contributed by atoms with E-state index in [1.54, 1.807) is 48.7 Å². The van der Waals surface area contributed by atoms with Crippen LogP contribution in [0.2, 0.25) is 0 Å². The van der Waals surface area contributed by atoms with Gasteiger partial charge in [0.25, 0.3) is 5.56 Å². The van der Waals surface area contributed by atoms with E-state index in [0.717, 1.165) is 16.7 Å². The highest BCUT2D eigenvalue weighted by Crippen LogP contribution is 2.27. The van der Waals surface area contributed by atoms with Crippen LogP contribution in [0, 0.1) is 18.3 Å². The Labute approximate surface area is 195 Å². The number of nitriles is 1. The van der Waals surface area contributed by atoms with Crippen molar-refractivity contribution in [1.82, 2.24) is 14.5 Å². The summed E-state index contributed by atoms with van der Waals surface area (Å²) in [5.74, 6) is -0.365. The molecule has 34 heavy (non-hydrogen) atoms. The molecule has 0 radical (unpaired) electrons. The number of aromatic nitrogens is 3. The van der Waals surface area contributed by atoms with E-state index < -0.39 is 5.97 Å². The fourth-order valence-electron chi connectivity index (χ4n) is 3.69. The minimum atomic E-state index is -0.433. The van der Waals surface area contributed by atoms with Crippen molar-refractivity contribution in [3.8, 4) is 28.6 Å². The molecule has 168 valence electrons. The Morgan fingerprint density at radius 1 is 1.09 bits per heavy atom. The Hall–Kier alpha value is -4.77. The molecule has 2 heterocycles. The third-order valence-corrected chi connectivity index (χ3v) is 5.47. The summed E-state index contributed by atoms with van der Waals surface area (Å²) in [5.41, 5.74) is 10.7. The number of hydrogen-bond acceptors (Lipinski definition) is 7. The van der Waals surface area contributed by atoms with Crippen molar-refractivity contribution in [3.63, 3.8) is 0 Å². The first-order chi connectivity index (χ1) is 16.4. The lowest BCUT2D eigenvalue weighted by atomic mass is 9.99. The fraction of sp³-hybridized carbons (Fsp3) is 0.115. The maximum atomic E-state index is 12.8. The molecule has 4 rings (SSSR count). The second kappa shape index (κ2) is 9.38.